The van der Waals surface area contributed by atoms with Crippen LogP contribution >= 0.6 is 23.2 Å². The van der Waals surface area contributed by atoms with Crippen molar-refractivity contribution in [3.05, 3.63) is 53.1 Å². The molecule has 0 heterocycles. The zero-order chi connectivity index (χ0) is 13.0. The second kappa shape index (κ2) is 5.98. The van der Waals surface area contributed by atoms with Crippen molar-refractivity contribution in [2.75, 3.05) is 7.11 Å². The molecule has 0 fully saturated rings. The fraction of sp³-hybridized carbons (Fsp3) is 0.143. The highest BCUT2D eigenvalue weighted by Gasteiger charge is 2.06. The van der Waals surface area contributed by atoms with Gasteiger partial charge in [-0.05, 0) is 24.3 Å². The molecule has 0 aliphatic carbocycles. The lowest BCUT2D eigenvalue weighted by Crippen LogP contribution is -1.90. The van der Waals surface area contributed by atoms with Crippen LogP contribution in [0.2, 0.25) is 5.02 Å². The lowest BCUT2D eigenvalue weighted by Gasteiger charge is -2.10. The van der Waals surface area contributed by atoms with Crippen LogP contribution in [0.25, 0.3) is 0 Å². The molecule has 0 atom stereocenters. The number of halogens is 2. The van der Waals surface area contributed by atoms with E-state index in [9.17, 15) is 0 Å². The van der Waals surface area contributed by atoms with Crippen molar-refractivity contribution in [1.29, 1.82) is 0 Å². The Hall–Kier alpha value is -1.38. The van der Waals surface area contributed by atoms with Gasteiger partial charge >= 0.3 is 0 Å². The van der Waals surface area contributed by atoms with Gasteiger partial charge in [0.2, 0.25) is 0 Å². The van der Waals surface area contributed by atoms with Crippen molar-refractivity contribution in [3.8, 4) is 17.2 Å². The van der Waals surface area contributed by atoms with Gasteiger partial charge in [-0.3, -0.25) is 0 Å². The minimum atomic E-state index is 0.371. The number of ether oxygens (including phenoxy) is 2. The van der Waals surface area contributed by atoms with Crippen molar-refractivity contribution in [3.63, 3.8) is 0 Å². The average molecular weight is 283 g/mol. The summed E-state index contributed by atoms with van der Waals surface area (Å²) in [6, 6.07) is 12.8. The fourth-order valence-electron chi connectivity index (χ4n) is 1.53. The molecule has 2 rings (SSSR count). The van der Waals surface area contributed by atoms with Gasteiger partial charge in [0.25, 0.3) is 0 Å². The second-order valence-corrected chi connectivity index (χ2v) is 4.37. The summed E-state index contributed by atoms with van der Waals surface area (Å²) in [5.74, 6) is 2.45. The second-order valence-electron chi connectivity index (χ2n) is 3.67. The summed E-state index contributed by atoms with van der Waals surface area (Å²) < 4.78 is 10.9. The standard InChI is InChI=1S/C14H12Cl2O2/c1-17-12-3-2-4-13(8-12)18-14-7-11(16)6-5-10(14)9-15/h2-8H,9H2,1H3. The van der Waals surface area contributed by atoms with Crippen molar-refractivity contribution < 1.29 is 9.47 Å². The van der Waals surface area contributed by atoms with Gasteiger partial charge in [-0.2, -0.15) is 0 Å². The highest BCUT2D eigenvalue weighted by atomic mass is 35.5. The molecular formula is C14H12Cl2O2. The molecule has 0 aliphatic heterocycles. The van der Waals surface area contributed by atoms with Gasteiger partial charge in [0.1, 0.15) is 17.2 Å². The molecule has 4 heteroatoms. The van der Waals surface area contributed by atoms with Gasteiger partial charge in [-0.15, -0.1) is 11.6 Å². The molecule has 0 aromatic heterocycles. The number of benzene rings is 2. The van der Waals surface area contributed by atoms with Crippen LogP contribution in [0, 0.1) is 0 Å². The van der Waals surface area contributed by atoms with E-state index in [4.69, 9.17) is 32.7 Å². The predicted molar refractivity (Wildman–Crippen MR) is 74.1 cm³/mol. The summed E-state index contributed by atoms with van der Waals surface area (Å²) in [6.45, 7) is 0. The van der Waals surface area contributed by atoms with Gasteiger partial charge in [-0.1, -0.05) is 23.7 Å². The normalized spacial score (nSPS) is 10.2. The SMILES string of the molecule is COc1cccc(Oc2cc(Cl)ccc2CCl)c1. The average Bonchev–Trinajstić information content (AvgIpc) is 2.39. The lowest BCUT2D eigenvalue weighted by molar-refractivity contribution is 0.408. The molecule has 0 N–H and O–H groups in total. The zero-order valence-electron chi connectivity index (χ0n) is 9.82. The van der Waals surface area contributed by atoms with E-state index < -0.39 is 0 Å². The number of rotatable bonds is 4. The summed E-state index contributed by atoms with van der Waals surface area (Å²) in [6.07, 6.45) is 0. The van der Waals surface area contributed by atoms with Crippen LogP contribution in [-0.2, 0) is 5.88 Å². The molecule has 0 aliphatic rings. The lowest BCUT2D eigenvalue weighted by atomic mass is 10.2. The third-order valence-corrected chi connectivity index (χ3v) is 2.97. The van der Waals surface area contributed by atoms with E-state index in [2.05, 4.69) is 0 Å². The van der Waals surface area contributed by atoms with Crippen LogP contribution in [0.15, 0.2) is 42.5 Å². The largest absolute Gasteiger partial charge is 0.497 e. The smallest absolute Gasteiger partial charge is 0.133 e. The van der Waals surface area contributed by atoms with Crippen LogP contribution in [0.5, 0.6) is 17.2 Å². The van der Waals surface area contributed by atoms with E-state index in [1.807, 2.05) is 24.3 Å². The van der Waals surface area contributed by atoms with Crippen LogP contribution in [-0.4, -0.2) is 7.11 Å². The Morgan fingerprint density at radius 1 is 1.06 bits per heavy atom. The number of hydrogen-bond donors (Lipinski definition) is 0. The van der Waals surface area contributed by atoms with Gasteiger partial charge in [0.15, 0.2) is 0 Å². The molecule has 2 nitrogen and oxygen atoms in total. The molecule has 0 spiro atoms. The van der Waals surface area contributed by atoms with Crippen LogP contribution < -0.4 is 9.47 Å². The van der Waals surface area contributed by atoms with E-state index in [1.54, 1.807) is 25.3 Å². The number of alkyl halides is 1. The first kappa shape index (κ1) is 13.1. The third kappa shape index (κ3) is 3.09. The Morgan fingerprint density at radius 3 is 2.56 bits per heavy atom. The summed E-state index contributed by atoms with van der Waals surface area (Å²) >= 11 is 11.8. The molecule has 0 amide bonds. The first-order chi connectivity index (χ1) is 8.72. The Labute approximate surface area is 116 Å². The molecule has 2 aromatic carbocycles. The van der Waals surface area contributed by atoms with Crippen molar-refractivity contribution in [2.45, 2.75) is 5.88 Å². The van der Waals surface area contributed by atoms with E-state index in [0.29, 0.717) is 22.4 Å². The van der Waals surface area contributed by atoms with Crippen molar-refractivity contribution >= 4 is 23.2 Å². The minimum Gasteiger partial charge on any atom is -0.497 e. The summed E-state index contributed by atoms with van der Waals surface area (Å²) in [5.41, 5.74) is 0.892. The Bertz CT molecular complexity index is 541. The van der Waals surface area contributed by atoms with Crippen molar-refractivity contribution in [1.82, 2.24) is 0 Å². The molecule has 0 bridgehead atoms. The third-order valence-electron chi connectivity index (χ3n) is 2.44. The zero-order valence-corrected chi connectivity index (χ0v) is 11.3. The molecule has 18 heavy (non-hydrogen) atoms. The molecule has 0 unspecified atom stereocenters. The van der Waals surface area contributed by atoms with Gasteiger partial charge in [0.05, 0.1) is 13.0 Å². The maximum Gasteiger partial charge on any atom is 0.133 e. The summed E-state index contributed by atoms with van der Waals surface area (Å²) in [4.78, 5) is 0. The number of methoxy groups -OCH3 is 1. The fourth-order valence-corrected chi connectivity index (χ4v) is 1.91. The summed E-state index contributed by atoms with van der Waals surface area (Å²) in [7, 11) is 1.61. The maximum atomic E-state index is 5.95. The highest BCUT2D eigenvalue weighted by molar-refractivity contribution is 6.30. The van der Waals surface area contributed by atoms with Crippen LogP contribution in [0.1, 0.15) is 5.56 Å². The molecule has 2 aromatic rings. The van der Waals surface area contributed by atoms with Gasteiger partial charge in [-0.25, -0.2) is 0 Å². The highest BCUT2D eigenvalue weighted by Crippen LogP contribution is 2.30. The van der Waals surface area contributed by atoms with Crippen LogP contribution in [0.3, 0.4) is 0 Å². The maximum absolute atomic E-state index is 5.95. The van der Waals surface area contributed by atoms with E-state index in [0.717, 1.165) is 11.3 Å². The Balaban J connectivity index is 2.29. The molecule has 0 saturated carbocycles. The first-order valence-corrected chi connectivity index (χ1v) is 6.30. The summed E-state index contributed by atoms with van der Waals surface area (Å²) in [5, 5.41) is 0.613. The Kier molecular flexibility index (Phi) is 4.34. The van der Waals surface area contributed by atoms with E-state index in [1.165, 1.54) is 0 Å². The van der Waals surface area contributed by atoms with E-state index in [-0.39, 0.29) is 0 Å². The molecule has 0 saturated heterocycles. The van der Waals surface area contributed by atoms with Gasteiger partial charge < -0.3 is 9.47 Å². The van der Waals surface area contributed by atoms with E-state index >= 15 is 0 Å². The topological polar surface area (TPSA) is 18.5 Å². The van der Waals surface area contributed by atoms with Gasteiger partial charge in [0, 0.05) is 16.7 Å². The molecule has 0 radical (unpaired) electrons. The monoisotopic (exact) mass is 282 g/mol. The first-order valence-electron chi connectivity index (χ1n) is 5.39. The van der Waals surface area contributed by atoms with Crippen molar-refractivity contribution in [2.24, 2.45) is 0 Å². The minimum absolute atomic E-state index is 0.371. The molecule has 94 valence electrons. The molecular weight excluding hydrogens is 271 g/mol. The van der Waals surface area contributed by atoms with Crippen LogP contribution in [0.4, 0.5) is 0 Å². The Morgan fingerprint density at radius 2 is 1.83 bits per heavy atom. The number of hydrogen-bond acceptors (Lipinski definition) is 2. The quantitative estimate of drug-likeness (QED) is 0.744. The predicted octanol–water partition coefficient (Wildman–Crippen LogP) is 4.88.